The zero-order valence-electron chi connectivity index (χ0n) is 16.0. The van der Waals surface area contributed by atoms with E-state index in [1.165, 1.54) is 0 Å². The van der Waals surface area contributed by atoms with Gasteiger partial charge in [0.25, 0.3) is 0 Å². The van der Waals surface area contributed by atoms with Crippen LogP contribution in [-0.2, 0) is 20.1 Å². The molecule has 7 heteroatoms. The molecule has 0 aliphatic rings. The summed E-state index contributed by atoms with van der Waals surface area (Å²) in [4.78, 5) is 35.2. The van der Waals surface area contributed by atoms with Gasteiger partial charge in [0.2, 0.25) is 0 Å². The van der Waals surface area contributed by atoms with E-state index in [4.69, 9.17) is 0 Å². The van der Waals surface area contributed by atoms with Gasteiger partial charge in [-0.25, -0.2) is 9.59 Å². The molecule has 4 rings (SSSR count). The molecule has 0 aliphatic carbocycles. The average Bonchev–Trinajstić information content (AvgIpc) is 2.68. The normalized spacial score (nSPS) is 9.72. The van der Waals surface area contributed by atoms with Gasteiger partial charge in [0.05, 0.1) is 11.4 Å². The van der Waals surface area contributed by atoms with Crippen molar-refractivity contribution in [1.29, 1.82) is 0 Å². The second kappa shape index (κ2) is 10.4. The van der Waals surface area contributed by atoms with Crippen LogP contribution in [0.25, 0.3) is 22.5 Å². The van der Waals surface area contributed by atoms with Crippen molar-refractivity contribution in [2.45, 2.75) is 13.8 Å². The number of hydrogen-bond donors (Lipinski definition) is 2. The van der Waals surface area contributed by atoms with Crippen molar-refractivity contribution in [2.75, 3.05) is 0 Å². The molecule has 2 N–H and O–H groups in total. The average molecular weight is 565 g/mol. The van der Waals surface area contributed by atoms with Crippen molar-refractivity contribution in [3.8, 4) is 22.5 Å². The quantitative estimate of drug-likeness (QED) is 0.390. The Hall–Kier alpha value is -3.15. The molecule has 0 bridgehead atoms. The van der Waals surface area contributed by atoms with E-state index in [0.29, 0.717) is 11.4 Å². The summed E-state index contributed by atoms with van der Waals surface area (Å²) in [7, 11) is 0. The zero-order chi connectivity index (χ0) is 19.9. The SMILES string of the molecule is Cc1cc(-c2ccccc2)nc(=O)[nH]1.Cc1cc(-c2ccccc2)nc(=O)[nH]1.[Ir+3]. The molecule has 2 aromatic carbocycles. The molecular weight excluding hydrogens is 544 g/mol. The number of aryl methyl sites for hydroxylation is 2. The predicted octanol–water partition coefficient (Wildman–Crippen LogP) is 3.49. The first-order valence-electron chi connectivity index (χ1n) is 8.78. The molecule has 146 valence electrons. The van der Waals surface area contributed by atoms with Crippen LogP contribution >= 0.6 is 0 Å². The van der Waals surface area contributed by atoms with E-state index in [9.17, 15) is 9.59 Å². The first-order valence-corrected chi connectivity index (χ1v) is 8.78. The maximum absolute atomic E-state index is 11.1. The third-order valence-corrected chi connectivity index (χ3v) is 3.90. The van der Waals surface area contributed by atoms with Crippen LogP contribution < -0.4 is 11.4 Å². The van der Waals surface area contributed by atoms with Crippen LogP contribution in [0.1, 0.15) is 11.4 Å². The minimum absolute atomic E-state index is 0. The topological polar surface area (TPSA) is 91.5 Å². The Balaban J connectivity index is 0.000000200. The van der Waals surface area contributed by atoms with Gasteiger partial charge in [0.15, 0.2) is 0 Å². The fourth-order valence-electron chi connectivity index (χ4n) is 2.67. The van der Waals surface area contributed by atoms with Crippen LogP contribution in [0.15, 0.2) is 82.4 Å². The number of aromatic nitrogens is 4. The molecule has 6 nitrogen and oxygen atoms in total. The van der Waals surface area contributed by atoms with Gasteiger partial charge in [-0.3, -0.25) is 0 Å². The molecular formula is C22H20IrN4O2+3. The molecule has 2 aromatic heterocycles. The minimum atomic E-state index is -0.302. The zero-order valence-corrected chi connectivity index (χ0v) is 18.4. The van der Waals surface area contributed by atoms with Gasteiger partial charge in [-0.2, -0.15) is 9.97 Å². The van der Waals surface area contributed by atoms with Crippen molar-refractivity contribution in [3.63, 3.8) is 0 Å². The van der Waals surface area contributed by atoms with E-state index in [-0.39, 0.29) is 31.5 Å². The molecule has 0 saturated carbocycles. The molecule has 0 spiro atoms. The number of nitrogens with zero attached hydrogens (tertiary/aromatic N) is 2. The molecule has 0 amide bonds. The van der Waals surface area contributed by atoms with Crippen LogP contribution in [0.5, 0.6) is 0 Å². The van der Waals surface area contributed by atoms with Crippen LogP contribution in [0.3, 0.4) is 0 Å². The van der Waals surface area contributed by atoms with Gasteiger partial charge < -0.3 is 9.97 Å². The molecule has 0 radical (unpaired) electrons. The van der Waals surface area contributed by atoms with Crippen LogP contribution in [0.2, 0.25) is 0 Å². The summed E-state index contributed by atoms with van der Waals surface area (Å²) in [6, 6.07) is 23.0. The van der Waals surface area contributed by atoms with E-state index in [1.807, 2.05) is 86.6 Å². The van der Waals surface area contributed by atoms with Crippen LogP contribution in [-0.4, -0.2) is 19.9 Å². The predicted molar refractivity (Wildman–Crippen MR) is 110 cm³/mol. The van der Waals surface area contributed by atoms with E-state index < -0.39 is 0 Å². The summed E-state index contributed by atoms with van der Waals surface area (Å²) in [5.41, 5.74) is 4.39. The number of benzene rings is 2. The monoisotopic (exact) mass is 565 g/mol. The Morgan fingerprint density at radius 3 is 1.28 bits per heavy atom. The number of nitrogens with one attached hydrogen (secondary N) is 2. The Morgan fingerprint density at radius 2 is 0.966 bits per heavy atom. The summed E-state index contributed by atoms with van der Waals surface area (Å²) in [5, 5.41) is 0. The van der Waals surface area contributed by atoms with Crippen LogP contribution in [0, 0.1) is 13.8 Å². The second-order valence-electron chi connectivity index (χ2n) is 6.24. The summed E-state index contributed by atoms with van der Waals surface area (Å²) in [6.07, 6.45) is 0. The summed E-state index contributed by atoms with van der Waals surface area (Å²) in [5.74, 6) is 0. The van der Waals surface area contributed by atoms with Crippen molar-refractivity contribution < 1.29 is 20.1 Å². The van der Waals surface area contributed by atoms with Gasteiger partial charge in [-0.05, 0) is 26.0 Å². The number of hydrogen-bond acceptors (Lipinski definition) is 4. The van der Waals surface area contributed by atoms with Gasteiger partial charge in [-0.15, -0.1) is 0 Å². The maximum atomic E-state index is 11.1. The fourth-order valence-corrected chi connectivity index (χ4v) is 2.67. The Labute approximate surface area is 181 Å². The Morgan fingerprint density at radius 1 is 0.621 bits per heavy atom. The molecule has 0 fully saturated rings. The van der Waals surface area contributed by atoms with Crippen molar-refractivity contribution in [2.24, 2.45) is 0 Å². The van der Waals surface area contributed by atoms with Gasteiger partial charge in [-0.1, -0.05) is 60.7 Å². The first kappa shape index (κ1) is 22.1. The molecule has 4 aromatic rings. The summed E-state index contributed by atoms with van der Waals surface area (Å²) < 4.78 is 0. The van der Waals surface area contributed by atoms with E-state index in [2.05, 4.69) is 19.9 Å². The Kier molecular flexibility index (Phi) is 7.95. The molecule has 0 unspecified atom stereocenters. The first-order chi connectivity index (χ1) is 13.5. The maximum Gasteiger partial charge on any atom is 3.00 e. The second-order valence-corrected chi connectivity index (χ2v) is 6.24. The van der Waals surface area contributed by atoms with Crippen molar-refractivity contribution in [1.82, 2.24) is 19.9 Å². The molecule has 0 aliphatic heterocycles. The summed E-state index contributed by atoms with van der Waals surface area (Å²) >= 11 is 0. The van der Waals surface area contributed by atoms with Crippen LogP contribution in [0.4, 0.5) is 0 Å². The van der Waals surface area contributed by atoms with Gasteiger partial charge in [0, 0.05) is 22.5 Å². The minimum Gasteiger partial charge on any atom is -0.310 e. The molecule has 29 heavy (non-hydrogen) atoms. The smallest absolute Gasteiger partial charge is 0.310 e. The standard InChI is InChI=1S/2C11H10N2O.Ir/c2*1-8-7-10(13-11(14)12-8)9-5-3-2-4-6-9;/h2*2-7H,1H3,(H,12,13,14);/q;;+3. The molecule has 0 saturated heterocycles. The number of H-pyrrole nitrogens is 2. The van der Waals surface area contributed by atoms with Gasteiger partial charge in [0.1, 0.15) is 0 Å². The van der Waals surface area contributed by atoms with Crippen molar-refractivity contribution in [3.05, 3.63) is 105 Å². The molecule has 0 atom stereocenters. The third kappa shape index (κ3) is 6.45. The molecule has 2 heterocycles. The Bertz CT molecular complexity index is 1080. The van der Waals surface area contributed by atoms with Gasteiger partial charge >= 0.3 is 31.5 Å². The third-order valence-electron chi connectivity index (χ3n) is 3.90. The largest absolute Gasteiger partial charge is 3.00 e. The van der Waals surface area contributed by atoms with E-state index in [0.717, 1.165) is 22.5 Å². The number of rotatable bonds is 2. The van der Waals surface area contributed by atoms with E-state index in [1.54, 1.807) is 0 Å². The number of aromatic amines is 2. The van der Waals surface area contributed by atoms with Crippen molar-refractivity contribution >= 4 is 0 Å². The summed E-state index contributed by atoms with van der Waals surface area (Å²) in [6.45, 7) is 3.69. The fraction of sp³-hybridized carbons (Fsp3) is 0.0909. The van der Waals surface area contributed by atoms with E-state index >= 15 is 0 Å².